The van der Waals surface area contributed by atoms with Crippen LogP contribution in [0.15, 0.2) is 28.4 Å². The van der Waals surface area contributed by atoms with Crippen LogP contribution < -0.4 is 10.1 Å². The van der Waals surface area contributed by atoms with Gasteiger partial charge in [0.1, 0.15) is 5.75 Å². The van der Waals surface area contributed by atoms with Crippen LogP contribution in [0.3, 0.4) is 0 Å². The smallest absolute Gasteiger partial charge is 0.240 e. The van der Waals surface area contributed by atoms with Crippen LogP contribution in [-0.2, 0) is 16.0 Å². The van der Waals surface area contributed by atoms with E-state index in [2.05, 4.69) is 22.4 Å². The number of amides is 1. The van der Waals surface area contributed by atoms with Crippen molar-refractivity contribution in [3.63, 3.8) is 0 Å². The summed E-state index contributed by atoms with van der Waals surface area (Å²) in [4.78, 5) is 22.5. The first-order valence-corrected chi connectivity index (χ1v) is 8.23. The van der Waals surface area contributed by atoms with Gasteiger partial charge in [-0.05, 0) is 35.7 Å². The van der Waals surface area contributed by atoms with Crippen molar-refractivity contribution in [2.75, 3.05) is 7.11 Å². The van der Waals surface area contributed by atoms with Crippen molar-refractivity contribution >= 4 is 45.9 Å². The molecule has 0 radical (unpaired) electrons. The van der Waals surface area contributed by atoms with Gasteiger partial charge in [-0.3, -0.25) is 9.59 Å². The molecule has 122 valence electrons. The van der Waals surface area contributed by atoms with Gasteiger partial charge in [0.25, 0.3) is 0 Å². The molecular weight excluding hydrogens is 338 g/mol. The fourth-order valence-corrected chi connectivity index (χ4v) is 3.13. The van der Waals surface area contributed by atoms with Crippen molar-refractivity contribution in [2.45, 2.75) is 25.0 Å². The van der Waals surface area contributed by atoms with Gasteiger partial charge in [0.05, 0.1) is 18.6 Å². The van der Waals surface area contributed by atoms with E-state index in [1.165, 1.54) is 0 Å². The van der Waals surface area contributed by atoms with Gasteiger partial charge in [-0.1, -0.05) is 24.8 Å². The first-order chi connectivity index (χ1) is 11.0. The van der Waals surface area contributed by atoms with Crippen LogP contribution in [-0.4, -0.2) is 34.9 Å². The normalized spacial score (nSPS) is 19.3. The summed E-state index contributed by atoms with van der Waals surface area (Å²) in [6.45, 7) is 2.07. The SMILES string of the molecule is CCc1ccc(/C=N/N=C2/NC(=O)C(CC(=O)Cl)S2)c(OC)c1. The third-order valence-electron chi connectivity index (χ3n) is 3.17. The number of thioether (sulfide) groups is 1. The largest absolute Gasteiger partial charge is 0.496 e. The standard InChI is InChI=1S/C15H16ClN3O3S/c1-3-9-4-5-10(11(6-9)22-2)8-17-19-15-18-14(21)12(23-15)7-13(16)20/h4-6,8,12H,3,7H2,1-2H3,(H,18,19,21)/b17-8+. The average Bonchev–Trinajstić information content (AvgIpc) is 2.86. The molecule has 2 rings (SSSR count). The summed E-state index contributed by atoms with van der Waals surface area (Å²) < 4.78 is 5.32. The highest BCUT2D eigenvalue weighted by Gasteiger charge is 2.31. The Balaban J connectivity index is 2.07. The number of carbonyl (C=O) groups excluding carboxylic acids is 2. The molecule has 0 spiro atoms. The van der Waals surface area contributed by atoms with Gasteiger partial charge >= 0.3 is 0 Å². The van der Waals surface area contributed by atoms with Crippen LogP contribution in [0.4, 0.5) is 0 Å². The molecule has 6 nitrogen and oxygen atoms in total. The summed E-state index contributed by atoms with van der Waals surface area (Å²) in [6.07, 6.45) is 2.44. The highest BCUT2D eigenvalue weighted by molar-refractivity contribution is 8.15. The zero-order chi connectivity index (χ0) is 16.8. The summed E-state index contributed by atoms with van der Waals surface area (Å²) >= 11 is 6.44. The zero-order valence-electron chi connectivity index (χ0n) is 12.7. The van der Waals surface area contributed by atoms with Gasteiger partial charge in [0, 0.05) is 12.0 Å². The van der Waals surface area contributed by atoms with E-state index in [9.17, 15) is 9.59 Å². The second-order valence-corrected chi connectivity index (χ2v) is 6.35. The van der Waals surface area contributed by atoms with E-state index in [1.54, 1.807) is 13.3 Å². The molecule has 1 aliphatic heterocycles. The van der Waals surface area contributed by atoms with Crippen molar-refractivity contribution in [1.82, 2.24) is 5.32 Å². The number of nitrogens with one attached hydrogen (secondary N) is 1. The predicted octanol–water partition coefficient (Wildman–Crippen LogP) is 2.33. The molecule has 1 N–H and O–H groups in total. The summed E-state index contributed by atoms with van der Waals surface area (Å²) in [7, 11) is 1.60. The topological polar surface area (TPSA) is 80.1 Å². The molecule has 0 bridgehead atoms. The van der Waals surface area contributed by atoms with Crippen molar-refractivity contribution in [3.8, 4) is 5.75 Å². The van der Waals surface area contributed by atoms with Crippen molar-refractivity contribution in [2.24, 2.45) is 10.2 Å². The lowest BCUT2D eigenvalue weighted by molar-refractivity contribution is -0.121. The Kier molecular flexibility index (Phi) is 6.18. The lowest BCUT2D eigenvalue weighted by Gasteiger charge is -2.05. The number of benzene rings is 1. The second kappa shape index (κ2) is 8.12. The highest BCUT2D eigenvalue weighted by Crippen LogP contribution is 2.23. The number of rotatable bonds is 6. The molecule has 1 fully saturated rings. The molecule has 0 aliphatic carbocycles. The maximum atomic E-state index is 11.6. The lowest BCUT2D eigenvalue weighted by Crippen LogP contribution is -2.25. The minimum Gasteiger partial charge on any atom is -0.496 e. The number of halogens is 1. The lowest BCUT2D eigenvalue weighted by atomic mass is 10.1. The fraction of sp³-hybridized carbons (Fsp3) is 0.333. The van der Waals surface area contributed by atoms with E-state index >= 15 is 0 Å². The quantitative estimate of drug-likeness (QED) is 0.483. The number of hydrogen-bond donors (Lipinski definition) is 1. The van der Waals surface area contributed by atoms with Gasteiger partial charge in [-0.2, -0.15) is 5.10 Å². The maximum absolute atomic E-state index is 11.6. The zero-order valence-corrected chi connectivity index (χ0v) is 14.3. The second-order valence-electron chi connectivity index (χ2n) is 4.73. The third-order valence-corrected chi connectivity index (χ3v) is 4.40. The summed E-state index contributed by atoms with van der Waals surface area (Å²) in [6, 6.07) is 5.84. The van der Waals surface area contributed by atoms with Crippen LogP contribution in [0.1, 0.15) is 24.5 Å². The van der Waals surface area contributed by atoms with E-state index < -0.39 is 10.5 Å². The molecule has 0 aromatic heterocycles. The Morgan fingerprint density at radius 3 is 2.96 bits per heavy atom. The molecule has 23 heavy (non-hydrogen) atoms. The Morgan fingerprint density at radius 2 is 2.30 bits per heavy atom. The maximum Gasteiger partial charge on any atom is 0.240 e. The van der Waals surface area contributed by atoms with Gasteiger partial charge in [-0.15, -0.1) is 5.10 Å². The van der Waals surface area contributed by atoms with Crippen LogP contribution in [0.5, 0.6) is 5.75 Å². The minimum atomic E-state index is -0.553. The number of nitrogens with zero attached hydrogens (tertiary/aromatic N) is 2. The van der Waals surface area contributed by atoms with E-state index in [0.717, 1.165) is 29.3 Å². The Bertz CT molecular complexity index is 676. The van der Waals surface area contributed by atoms with Crippen molar-refractivity contribution in [3.05, 3.63) is 29.3 Å². The number of hydrogen-bond acceptors (Lipinski definition) is 6. The van der Waals surface area contributed by atoms with Gasteiger partial charge in [0.15, 0.2) is 5.17 Å². The van der Waals surface area contributed by atoms with Crippen LogP contribution in [0, 0.1) is 0 Å². The number of carbonyl (C=O) groups is 2. The molecule has 1 atom stereocenters. The third kappa shape index (κ3) is 4.80. The Morgan fingerprint density at radius 1 is 1.52 bits per heavy atom. The predicted molar refractivity (Wildman–Crippen MR) is 92.4 cm³/mol. The Hall–Kier alpha value is -1.86. The number of aryl methyl sites for hydroxylation is 1. The number of ether oxygens (including phenoxy) is 1. The molecule has 1 amide bonds. The van der Waals surface area contributed by atoms with Crippen LogP contribution >= 0.6 is 23.4 Å². The number of methoxy groups -OCH3 is 1. The molecule has 1 unspecified atom stereocenters. The monoisotopic (exact) mass is 353 g/mol. The summed E-state index contributed by atoms with van der Waals surface area (Å²) in [5, 5.41) is 9.72. The Labute approximate surface area is 143 Å². The molecule has 1 aromatic rings. The first kappa shape index (κ1) is 17.5. The van der Waals surface area contributed by atoms with E-state index in [-0.39, 0.29) is 12.3 Å². The van der Waals surface area contributed by atoms with Crippen molar-refractivity contribution in [1.29, 1.82) is 0 Å². The van der Waals surface area contributed by atoms with Gasteiger partial charge in [-0.25, -0.2) is 0 Å². The molecule has 8 heteroatoms. The van der Waals surface area contributed by atoms with Gasteiger partial charge in [0.2, 0.25) is 11.1 Å². The molecule has 1 aromatic carbocycles. The number of amidine groups is 1. The summed E-state index contributed by atoms with van der Waals surface area (Å²) in [5.74, 6) is 0.421. The van der Waals surface area contributed by atoms with Crippen LogP contribution in [0.2, 0.25) is 0 Å². The fourth-order valence-electron chi connectivity index (χ4n) is 1.96. The van der Waals surface area contributed by atoms with E-state index in [0.29, 0.717) is 10.9 Å². The minimum absolute atomic E-state index is 0.0346. The van der Waals surface area contributed by atoms with Crippen molar-refractivity contribution < 1.29 is 14.3 Å². The summed E-state index contributed by atoms with van der Waals surface area (Å²) in [5.41, 5.74) is 1.95. The average molecular weight is 354 g/mol. The van der Waals surface area contributed by atoms with E-state index in [1.807, 2.05) is 18.2 Å². The molecule has 1 aliphatic rings. The van der Waals surface area contributed by atoms with E-state index in [4.69, 9.17) is 16.3 Å². The highest BCUT2D eigenvalue weighted by atomic mass is 35.5. The van der Waals surface area contributed by atoms with Crippen LogP contribution in [0.25, 0.3) is 0 Å². The molecule has 1 saturated heterocycles. The molecule has 1 heterocycles. The molecule has 0 saturated carbocycles. The first-order valence-electron chi connectivity index (χ1n) is 6.97. The molecular formula is C15H16ClN3O3S. The van der Waals surface area contributed by atoms with Gasteiger partial charge < -0.3 is 10.1 Å².